The second-order valence-corrected chi connectivity index (χ2v) is 9.14. The monoisotopic (exact) mass is 382 g/mol. The normalized spacial score (nSPS) is 18.1. The Kier molecular flexibility index (Phi) is 8.14. The van der Waals surface area contributed by atoms with Gasteiger partial charge in [-0.3, -0.25) is 24.1 Å². The first-order valence-corrected chi connectivity index (χ1v) is 9.56. The van der Waals surface area contributed by atoms with E-state index in [0.717, 1.165) is 0 Å². The van der Waals surface area contributed by atoms with Crippen molar-refractivity contribution in [3.05, 3.63) is 0 Å². The molecule has 1 aliphatic heterocycles. The van der Waals surface area contributed by atoms with Crippen LogP contribution in [0.15, 0.2) is 0 Å². The van der Waals surface area contributed by atoms with Crippen LogP contribution in [0.2, 0.25) is 0 Å². The SMILES string of the molecule is CC(C)(C)C(=O)CCOCCNC(=O)CCN1C(=O)CC(C(C)(C)C)C1=O. The molecule has 1 N–H and O–H groups in total. The molecular formula is C20H34N2O5. The van der Waals surface area contributed by atoms with Gasteiger partial charge in [0, 0.05) is 37.8 Å². The molecule has 1 unspecified atom stereocenters. The minimum absolute atomic E-state index is 0.0802. The molecule has 0 aliphatic carbocycles. The van der Waals surface area contributed by atoms with Gasteiger partial charge in [-0.25, -0.2) is 0 Å². The predicted molar refractivity (Wildman–Crippen MR) is 102 cm³/mol. The molecular weight excluding hydrogens is 348 g/mol. The number of nitrogens with zero attached hydrogens (tertiary/aromatic N) is 1. The molecule has 27 heavy (non-hydrogen) atoms. The van der Waals surface area contributed by atoms with Crippen molar-refractivity contribution in [1.29, 1.82) is 0 Å². The molecule has 3 amide bonds. The fourth-order valence-corrected chi connectivity index (χ4v) is 2.80. The van der Waals surface area contributed by atoms with Gasteiger partial charge in [0.1, 0.15) is 5.78 Å². The number of carbonyl (C=O) groups is 4. The van der Waals surface area contributed by atoms with Crippen molar-refractivity contribution in [1.82, 2.24) is 10.2 Å². The second kappa shape index (κ2) is 9.44. The highest BCUT2D eigenvalue weighted by molar-refractivity contribution is 6.04. The van der Waals surface area contributed by atoms with Crippen LogP contribution < -0.4 is 5.32 Å². The Balaban J connectivity index is 2.22. The van der Waals surface area contributed by atoms with Gasteiger partial charge in [0.25, 0.3) is 0 Å². The van der Waals surface area contributed by atoms with Crippen LogP contribution in [0.5, 0.6) is 0 Å². The van der Waals surface area contributed by atoms with Gasteiger partial charge in [-0.05, 0) is 5.41 Å². The van der Waals surface area contributed by atoms with Crippen molar-refractivity contribution in [3.8, 4) is 0 Å². The summed E-state index contributed by atoms with van der Waals surface area (Å²) in [5.74, 6) is -0.812. The van der Waals surface area contributed by atoms with E-state index in [0.29, 0.717) is 26.2 Å². The molecule has 0 spiro atoms. The van der Waals surface area contributed by atoms with Crippen LogP contribution in [-0.4, -0.2) is 54.7 Å². The summed E-state index contributed by atoms with van der Waals surface area (Å²) in [5, 5.41) is 2.70. The quantitative estimate of drug-likeness (QED) is 0.486. The number of imide groups is 1. The van der Waals surface area contributed by atoms with E-state index in [1.807, 2.05) is 41.5 Å². The van der Waals surface area contributed by atoms with E-state index in [-0.39, 0.29) is 59.6 Å². The predicted octanol–water partition coefficient (Wildman–Crippen LogP) is 1.94. The zero-order chi connectivity index (χ0) is 20.8. The fourth-order valence-electron chi connectivity index (χ4n) is 2.80. The maximum atomic E-state index is 12.4. The number of hydrogen-bond donors (Lipinski definition) is 1. The van der Waals surface area contributed by atoms with E-state index in [4.69, 9.17) is 4.74 Å². The Morgan fingerprint density at radius 2 is 1.70 bits per heavy atom. The maximum absolute atomic E-state index is 12.4. The topological polar surface area (TPSA) is 92.8 Å². The number of nitrogens with one attached hydrogen (secondary N) is 1. The minimum atomic E-state index is -0.367. The highest BCUT2D eigenvalue weighted by atomic mass is 16.5. The van der Waals surface area contributed by atoms with E-state index in [2.05, 4.69) is 5.32 Å². The lowest BCUT2D eigenvalue weighted by molar-refractivity contribution is -0.140. The Morgan fingerprint density at radius 3 is 2.22 bits per heavy atom. The standard InChI is InChI=1S/C20H34N2O5/c1-19(2,3)14-13-17(25)22(18(14)26)10-7-16(24)21-9-12-27-11-8-15(23)20(4,5)6/h14H,7-13H2,1-6H3,(H,21,24). The van der Waals surface area contributed by atoms with Gasteiger partial charge in [-0.2, -0.15) is 0 Å². The third-order valence-electron chi connectivity index (χ3n) is 4.73. The Labute approximate surface area is 162 Å². The Morgan fingerprint density at radius 1 is 1.07 bits per heavy atom. The average molecular weight is 383 g/mol. The van der Waals surface area contributed by atoms with Crippen molar-refractivity contribution >= 4 is 23.5 Å². The molecule has 0 saturated carbocycles. The molecule has 154 valence electrons. The van der Waals surface area contributed by atoms with Gasteiger partial charge < -0.3 is 10.1 Å². The molecule has 0 bridgehead atoms. The van der Waals surface area contributed by atoms with Gasteiger partial charge in [0.15, 0.2) is 0 Å². The van der Waals surface area contributed by atoms with Crippen molar-refractivity contribution in [3.63, 3.8) is 0 Å². The van der Waals surface area contributed by atoms with E-state index in [1.165, 1.54) is 4.90 Å². The first-order chi connectivity index (χ1) is 12.3. The molecule has 1 rings (SSSR count). The van der Waals surface area contributed by atoms with Crippen LogP contribution in [-0.2, 0) is 23.9 Å². The summed E-state index contributed by atoms with van der Waals surface area (Å²) < 4.78 is 5.36. The Hall–Kier alpha value is -1.76. The fraction of sp³-hybridized carbons (Fsp3) is 0.800. The lowest BCUT2D eigenvalue weighted by Crippen LogP contribution is -2.37. The third kappa shape index (κ3) is 7.40. The minimum Gasteiger partial charge on any atom is -0.379 e. The summed E-state index contributed by atoms with van der Waals surface area (Å²) in [6, 6.07) is 0. The summed E-state index contributed by atoms with van der Waals surface area (Å²) in [7, 11) is 0. The Bertz CT molecular complexity index is 572. The molecule has 1 atom stereocenters. The highest BCUT2D eigenvalue weighted by Gasteiger charge is 2.44. The number of ketones is 1. The summed E-state index contributed by atoms with van der Waals surface area (Å²) in [6.45, 7) is 12.5. The first kappa shape index (κ1) is 23.3. The van der Waals surface area contributed by atoms with Crippen LogP contribution in [0.3, 0.4) is 0 Å². The average Bonchev–Trinajstić information content (AvgIpc) is 2.82. The molecule has 1 saturated heterocycles. The van der Waals surface area contributed by atoms with Crippen LogP contribution in [0.1, 0.15) is 60.8 Å². The van der Waals surface area contributed by atoms with Crippen LogP contribution in [0, 0.1) is 16.7 Å². The van der Waals surface area contributed by atoms with Gasteiger partial charge in [0.2, 0.25) is 17.7 Å². The molecule has 1 aliphatic rings. The molecule has 7 nitrogen and oxygen atoms in total. The van der Waals surface area contributed by atoms with Gasteiger partial charge in [-0.15, -0.1) is 0 Å². The molecule has 0 aromatic heterocycles. The van der Waals surface area contributed by atoms with Crippen LogP contribution in [0.25, 0.3) is 0 Å². The van der Waals surface area contributed by atoms with Gasteiger partial charge in [0.05, 0.1) is 19.1 Å². The zero-order valence-corrected chi connectivity index (χ0v) is 17.5. The van der Waals surface area contributed by atoms with Crippen molar-refractivity contribution in [2.24, 2.45) is 16.7 Å². The summed E-state index contributed by atoms with van der Waals surface area (Å²) in [6.07, 6.45) is 0.646. The number of rotatable bonds is 9. The lowest BCUT2D eigenvalue weighted by atomic mass is 9.80. The van der Waals surface area contributed by atoms with Crippen LogP contribution >= 0.6 is 0 Å². The summed E-state index contributed by atoms with van der Waals surface area (Å²) in [4.78, 5) is 49.2. The molecule has 1 heterocycles. The summed E-state index contributed by atoms with van der Waals surface area (Å²) in [5.41, 5.74) is -0.635. The zero-order valence-electron chi connectivity index (χ0n) is 17.5. The first-order valence-electron chi connectivity index (χ1n) is 9.56. The van der Waals surface area contributed by atoms with E-state index in [9.17, 15) is 19.2 Å². The largest absolute Gasteiger partial charge is 0.379 e. The second-order valence-electron chi connectivity index (χ2n) is 9.14. The number of hydrogen-bond acceptors (Lipinski definition) is 5. The molecule has 7 heteroatoms. The highest BCUT2D eigenvalue weighted by Crippen LogP contribution is 2.35. The van der Waals surface area contributed by atoms with Gasteiger partial charge in [-0.1, -0.05) is 41.5 Å². The number of Topliss-reactive ketones (excluding diaryl/α,β-unsaturated/α-hetero) is 1. The van der Waals surface area contributed by atoms with Crippen molar-refractivity contribution < 1.29 is 23.9 Å². The lowest BCUT2D eigenvalue weighted by Gasteiger charge is -2.24. The third-order valence-corrected chi connectivity index (χ3v) is 4.73. The number of amides is 3. The molecule has 0 aromatic carbocycles. The smallest absolute Gasteiger partial charge is 0.233 e. The van der Waals surface area contributed by atoms with E-state index < -0.39 is 0 Å². The van der Waals surface area contributed by atoms with E-state index >= 15 is 0 Å². The molecule has 1 fully saturated rings. The number of carbonyl (C=O) groups excluding carboxylic acids is 4. The molecule has 0 aromatic rings. The van der Waals surface area contributed by atoms with Crippen molar-refractivity contribution in [2.75, 3.05) is 26.3 Å². The summed E-state index contributed by atoms with van der Waals surface area (Å²) >= 11 is 0. The number of ether oxygens (including phenoxy) is 1. The number of likely N-dealkylation sites (tertiary alicyclic amines) is 1. The van der Waals surface area contributed by atoms with Crippen molar-refractivity contribution in [2.45, 2.75) is 60.8 Å². The van der Waals surface area contributed by atoms with Crippen LogP contribution in [0.4, 0.5) is 0 Å². The maximum Gasteiger partial charge on any atom is 0.233 e. The van der Waals surface area contributed by atoms with Gasteiger partial charge >= 0.3 is 0 Å². The van der Waals surface area contributed by atoms with E-state index in [1.54, 1.807) is 0 Å². The molecule has 0 radical (unpaired) electrons.